The van der Waals surface area contributed by atoms with Gasteiger partial charge >= 0.3 is 0 Å². The zero-order valence-electron chi connectivity index (χ0n) is 11.4. The lowest BCUT2D eigenvalue weighted by atomic mass is 9.70. The van der Waals surface area contributed by atoms with Crippen molar-refractivity contribution in [1.29, 1.82) is 0 Å². The standard InChI is InChI=1S/C18H18O2/c19-16-3-1-13-9-18(6-5-12(13)7-16)10-14-2-4-17(20)8-15(14)11-18/h1-4,7-8,19-20H,5-6,9-11H2. The van der Waals surface area contributed by atoms with Crippen molar-refractivity contribution in [3.63, 3.8) is 0 Å². The van der Waals surface area contributed by atoms with E-state index >= 15 is 0 Å². The molecule has 1 atom stereocenters. The van der Waals surface area contributed by atoms with Gasteiger partial charge < -0.3 is 10.2 Å². The molecule has 2 aromatic carbocycles. The molecule has 2 aliphatic carbocycles. The first-order valence-corrected chi connectivity index (χ1v) is 7.25. The van der Waals surface area contributed by atoms with Gasteiger partial charge in [0.25, 0.3) is 0 Å². The van der Waals surface area contributed by atoms with E-state index in [4.69, 9.17) is 0 Å². The molecule has 2 aliphatic rings. The molecule has 20 heavy (non-hydrogen) atoms. The molecule has 0 amide bonds. The average Bonchev–Trinajstić information content (AvgIpc) is 2.76. The van der Waals surface area contributed by atoms with Crippen molar-refractivity contribution in [1.82, 2.24) is 0 Å². The van der Waals surface area contributed by atoms with Gasteiger partial charge in [0.1, 0.15) is 11.5 Å². The maximum atomic E-state index is 9.64. The van der Waals surface area contributed by atoms with Gasteiger partial charge in [-0.15, -0.1) is 0 Å². The molecule has 0 aromatic heterocycles. The SMILES string of the molecule is Oc1ccc2c(c1)CCC1(C2)Cc2ccc(O)cc2C1. The molecule has 1 spiro atoms. The number of rotatable bonds is 0. The van der Waals surface area contributed by atoms with Crippen molar-refractivity contribution < 1.29 is 10.2 Å². The highest BCUT2D eigenvalue weighted by atomic mass is 16.3. The van der Waals surface area contributed by atoms with E-state index in [2.05, 4.69) is 12.1 Å². The highest BCUT2D eigenvalue weighted by molar-refractivity contribution is 5.43. The largest absolute Gasteiger partial charge is 0.508 e. The summed E-state index contributed by atoms with van der Waals surface area (Å²) in [4.78, 5) is 0. The Bertz CT molecular complexity index is 690. The Balaban J connectivity index is 1.68. The van der Waals surface area contributed by atoms with Crippen LogP contribution in [0, 0.1) is 5.41 Å². The van der Waals surface area contributed by atoms with Gasteiger partial charge in [0.2, 0.25) is 0 Å². The smallest absolute Gasteiger partial charge is 0.115 e. The van der Waals surface area contributed by atoms with Gasteiger partial charge in [-0.25, -0.2) is 0 Å². The third-order valence-electron chi connectivity index (χ3n) is 5.00. The number of aryl methyl sites for hydroxylation is 1. The number of hydrogen-bond acceptors (Lipinski definition) is 2. The predicted molar refractivity (Wildman–Crippen MR) is 78.1 cm³/mol. The number of phenolic OH excluding ortho intramolecular Hbond substituents is 2. The first-order valence-electron chi connectivity index (χ1n) is 7.25. The summed E-state index contributed by atoms with van der Waals surface area (Å²) in [5.41, 5.74) is 5.71. The van der Waals surface area contributed by atoms with E-state index in [0.29, 0.717) is 16.9 Å². The molecule has 0 bridgehead atoms. The first-order chi connectivity index (χ1) is 9.63. The molecule has 4 rings (SSSR count). The minimum Gasteiger partial charge on any atom is -0.508 e. The predicted octanol–water partition coefficient (Wildman–Crippen LogP) is 3.37. The van der Waals surface area contributed by atoms with E-state index in [9.17, 15) is 10.2 Å². The van der Waals surface area contributed by atoms with Gasteiger partial charge in [0.05, 0.1) is 0 Å². The highest BCUT2D eigenvalue weighted by Gasteiger charge is 2.39. The lowest BCUT2D eigenvalue weighted by Crippen LogP contribution is -2.29. The molecule has 0 saturated heterocycles. The van der Waals surface area contributed by atoms with Crippen LogP contribution >= 0.6 is 0 Å². The molecule has 2 aromatic rings. The number of fused-ring (bicyclic) bond motifs is 2. The van der Waals surface area contributed by atoms with Gasteiger partial charge in [-0.05, 0) is 84.0 Å². The van der Waals surface area contributed by atoms with E-state index in [1.807, 2.05) is 12.1 Å². The number of benzene rings is 2. The monoisotopic (exact) mass is 266 g/mol. The maximum absolute atomic E-state index is 9.64. The Morgan fingerprint density at radius 3 is 1.95 bits per heavy atom. The Kier molecular flexibility index (Phi) is 2.38. The third kappa shape index (κ3) is 1.79. The fourth-order valence-corrected chi connectivity index (χ4v) is 4.03. The van der Waals surface area contributed by atoms with Crippen molar-refractivity contribution in [2.75, 3.05) is 0 Å². The zero-order valence-corrected chi connectivity index (χ0v) is 11.4. The number of aromatic hydroxyl groups is 2. The molecule has 0 aliphatic heterocycles. The summed E-state index contributed by atoms with van der Waals surface area (Å²) in [6.07, 6.45) is 5.47. The quantitative estimate of drug-likeness (QED) is 0.767. The van der Waals surface area contributed by atoms with Gasteiger partial charge in [-0.2, -0.15) is 0 Å². The Morgan fingerprint density at radius 2 is 1.25 bits per heavy atom. The molecule has 1 unspecified atom stereocenters. The van der Waals surface area contributed by atoms with Crippen LogP contribution in [0.15, 0.2) is 36.4 Å². The second-order valence-corrected chi connectivity index (χ2v) is 6.44. The van der Waals surface area contributed by atoms with Crippen molar-refractivity contribution >= 4 is 0 Å². The molecule has 0 fully saturated rings. The molecule has 2 heteroatoms. The summed E-state index contributed by atoms with van der Waals surface area (Å²) in [5.74, 6) is 0.751. The third-order valence-corrected chi connectivity index (χ3v) is 5.00. The van der Waals surface area contributed by atoms with Crippen LogP contribution in [-0.2, 0) is 25.7 Å². The summed E-state index contributed by atoms with van der Waals surface area (Å²) >= 11 is 0. The molecular weight excluding hydrogens is 248 g/mol. The second-order valence-electron chi connectivity index (χ2n) is 6.44. The van der Waals surface area contributed by atoms with Gasteiger partial charge in [0.15, 0.2) is 0 Å². The molecular formula is C18H18O2. The lowest BCUT2D eigenvalue weighted by Gasteiger charge is -2.34. The van der Waals surface area contributed by atoms with Crippen LogP contribution < -0.4 is 0 Å². The second kappa shape index (κ2) is 4.02. The Morgan fingerprint density at radius 1 is 0.700 bits per heavy atom. The fraction of sp³-hybridized carbons (Fsp3) is 0.333. The zero-order chi connectivity index (χ0) is 13.7. The van der Waals surface area contributed by atoms with Crippen LogP contribution in [0.5, 0.6) is 11.5 Å². The van der Waals surface area contributed by atoms with Crippen LogP contribution in [0.1, 0.15) is 28.7 Å². The van der Waals surface area contributed by atoms with Crippen molar-refractivity contribution in [2.45, 2.75) is 32.1 Å². The van der Waals surface area contributed by atoms with E-state index in [0.717, 1.165) is 25.7 Å². The Hall–Kier alpha value is -1.96. The highest BCUT2D eigenvalue weighted by Crippen LogP contribution is 2.47. The van der Waals surface area contributed by atoms with Crippen molar-refractivity contribution in [2.24, 2.45) is 5.41 Å². The molecule has 2 N–H and O–H groups in total. The van der Waals surface area contributed by atoms with Crippen molar-refractivity contribution in [3.8, 4) is 11.5 Å². The van der Waals surface area contributed by atoms with E-state index in [1.165, 1.54) is 28.7 Å². The van der Waals surface area contributed by atoms with E-state index in [-0.39, 0.29) is 0 Å². The van der Waals surface area contributed by atoms with Crippen LogP contribution in [-0.4, -0.2) is 10.2 Å². The van der Waals surface area contributed by atoms with Crippen LogP contribution in [0.2, 0.25) is 0 Å². The minimum atomic E-state index is 0.320. The average molecular weight is 266 g/mol. The molecule has 2 nitrogen and oxygen atoms in total. The lowest BCUT2D eigenvalue weighted by molar-refractivity contribution is 0.261. The molecule has 0 radical (unpaired) electrons. The summed E-state index contributed by atoms with van der Waals surface area (Å²) in [7, 11) is 0. The summed E-state index contributed by atoms with van der Waals surface area (Å²) in [6.45, 7) is 0. The summed E-state index contributed by atoms with van der Waals surface area (Å²) < 4.78 is 0. The molecule has 0 heterocycles. The van der Waals surface area contributed by atoms with E-state index < -0.39 is 0 Å². The van der Waals surface area contributed by atoms with Gasteiger partial charge in [0, 0.05) is 0 Å². The first kappa shape index (κ1) is 11.8. The van der Waals surface area contributed by atoms with Gasteiger partial charge in [-0.1, -0.05) is 12.1 Å². The minimum absolute atomic E-state index is 0.320. The van der Waals surface area contributed by atoms with Crippen molar-refractivity contribution in [3.05, 3.63) is 58.7 Å². The molecule has 0 saturated carbocycles. The van der Waals surface area contributed by atoms with Gasteiger partial charge in [-0.3, -0.25) is 0 Å². The Labute approximate surface area is 118 Å². The number of phenols is 2. The van der Waals surface area contributed by atoms with Crippen LogP contribution in [0.4, 0.5) is 0 Å². The summed E-state index contributed by atoms with van der Waals surface area (Å²) in [5, 5.41) is 19.2. The van der Waals surface area contributed by atoms with E-state index in [1.54, 1.807) is 12.1 Å². The topological polar surface area (TPSA) is 40.5 Å². The normalized spacial score (nSPS) is 23.6. The van der Waals surface area contributed by atoms with Crippen LogP contribution in [0.25, 0.3) is 0 Å². The molecule has 102 valence electrons. The maximum Gasteiger partial charge on any atom is 0.115 e. The summed E-state index contributed by atoms with van der Waals surface area (Å²) in [6, 6.07) is 11.6. The fourth-order valence-electron chi connectivity index (χ4n) is 4.03. The number of hydrogen-bond donors (Lipinski definition) is 2. The van der Waals surface area contributed by atoms with Crippen LogP contribution in [0.3, 0.4) is 0 Å².